The van der Waals surface area contributed by atoms with E-state index in [9.17, 15) is 13.2 Å². The summed E-state index contributed by atoms with van der Waals surface area (Å²) in [4.78, 5) is 11.1. The van der Waals surface area contributed by atoms with E-state index in [2.05, 4.69) is 25.0 Å². The standard InChI is InChI=1S/C11H9BrN2O4S2/c1-6-9(11(15)16)10(19-13-6)14-20(17,18)8-4-2-7(12)3-5-8/h2-5,14H,1H3,(H,15,16). The number of sulfonamides is 1. The monoisotopic (exact) mass is 376 g/mol. The third-order valence-electron chi connectivity index (χ3n) is 2.43. The van der Waals surface area contributed by atoms with Crippen molar-refractivity contribution >= 4 is 48.5 Å². The molecule has 20 heavy (non-hydrogen) atoms. The van der Waals surface area contributed by atoms with Crippen molar-refractivity contribution in [3.63, 3.8) is 0 Å². The van der Waals surface area contributed by atoms with Crippen LogP contribution in [0.2, 0.25) is 0 Å². The lowest BCUT2D eigenvalue weighted by molar-refractivity contribution is 0.0697. The minimum Gasteiger partial charge on any atom is -0.478 e. The predicted molar refractivity (Wildman–Crippen MR) is 78.8 cm³/mol. The van der Waals surface area contributed by atoms with Gasteiger partial charge in [-0.15, -0.1) is 0 Å². The Hall–Kier alpha value is -1.45. The summed E-state index contributed by atoms with van der Waals surface area (Å²) < 4.78 is 31.2. The SMILES string of the molecule is Cc1nsc(NS(=O)(=O)c2ccc(Br)cc2)c1C(=O)O. The number of nitrogens with one attached hydrogen (secondary N) is 1. The van der Waals surface area contributed by atoms with Crippen LogP contribution in [-0.4, -0.2) is 23.9 Å². The number of carboxylic acids is 1. The fourth-order valence-electron chi connectivity index (χ4n) is 1.49. The van der Waals surface area contributed by atoms with Crippen molar-refractivity contribution in [2.24, 2.45) is 0 Å². The molecule has 1 aromatic carbocycles. The van der Waals surface area contributed by atoms with Crippen molar-refractivity contribution in [2.45, 2.75) is 11.8 Å². The lowest BCUT2D eigenvalue weighted by atomic mass is 10.2. The van der Waals surface area contributed by atoms with Crippen LogP contribution in [-0.2, 0) is 10.0 Å². The maximum Gasteiger partial charge on any atom is 0.340 e. The molecule has 0 amide bonds. The molecule has 0 saturated carbocycles. The first-order valence-corrected chi connectivity index (χ1v) is 8.34. The van der Waals surface area contributed by atoms with Crippen molar-refractivity contribution in [1.82, 2.24) is 4.37 Å². The molecule has 0 unspecified atom stereocenters. The van der Waals surface area contributed by atoms with Gasteiger partial charge in [0.25, 0.3) is 10.0 Å². The first-order chi connectivity index (χ1) is 9.31. The van der Waals surface area contributed by atoms with Crippen molar-refractivity contribution in [1.29, 1.82) is 0 Å². The lowest BCUT2D eigenvalue weighted by Crippen LogP contribution is -2.14. The molecule has 1 aromatic heterocycles. The highest BCUT2D eigenvalue weighted by atomic mass is 79.9. The molecule has 0 aliphatic rings. The Bertz CT molecular complexity index is 753. The van der Waals surface area contributed by atoms with Gasteiger partial charge in [-0.1, -0.05) is 15.9 Å². The second-order valence-corrected chi connectivity index (χ2v) is 7.21. The van der Waals surface area contributed by atoms with E-state index in [-0.39, 0.29) is 21.2 Å². The summed E-state index contributed by atoms with van der Waals surface area (Å²) >= 11 is 4.01. The van der Waals surface area contributed by atoms with E-state index < -0.39 is 16.0 Å². The summed E-state index contributed by atoms with van der Waals surface area (Å²) in [6.45, 7) is 1.51. The van der Waals surface area contributed by atoms with Gasteiger partial charge in [0, 0.05) is 4.47 Å². The van der Waals surface area contributed by atoms with Crippen molar-refractivity contribution in [3.05, 3.63) is 40.0 Å². The molecule has 0 aliphatic heterocycles. The van der Waals surface area contributed by atoms with Crippen LogP contribution in [0.15, 0.2) is 33.6 Å². The smallest absolute Gasteiger partial charge is 0.340 e. The molecule has 0 aliphatic carbocycles. The van der Waals surface area contributed by atoms with Gasteiger partial charge in [-0.3, -0.25) is 4.72 Å². The summed E-state index contributed by atoms with van der Waals surface area (Å²) in [5.41, 5.74) is 0.145. The van der Waals surface area contributed by atoms with Crippen LogP contribution in [0.4, 0.5) is 5.00 Å². The van der Waals surface area contributed by atoms with Crippen LogP contribution in [0.3, 0.4) is 0 Å². The minimum absolute atomic E-state index is 0.00193. The predicted octanol–water partition coefficient (Wildman–Crippen LogP) is 2.71. The fraction of sp³-hybridized carbons (Fsp3) is 0.0909. The first kappa shape index (κ1) is 14.9. The van der Waals surface area contributed by atoms with Gasteiger partial charge in [0.15, 0.2) is 0 Å². The number of carbonyl (C=O) groups is 1. The molecule has 2 rings (SSSR count). The highest BCUT2D eigenvalue weighted by molar-refractivity contribution is 9.10. The molecule has 0 fully saturated rings. The van der Waals surface area contributed by atoms with E-state index >= 15 is 0 Å². The maximum absolute atomic E-state index is 12.2. The number of aryl methyl sites for hydroxylation is 1. The topological polar surface area (TPSA) is 96.4 Å². The van der Waals surface area contributed by atoms with Gasteiger partial charge < -0.3 is 5.11 Å². The van der Waals surface area contributed by atoms with E-state index in [0.29, 0.717) is 0 Å². The maximum atomic E-state index is 12.2. The molecule has 2 aromatic rings. The Balaban J connectivity index is 2.38. The molecule has 0 saturated heterocycles. The molecule has 106 valence electrons. The van der Waals surface area contributed by atoms with Crippen molar-refractivity contribution < 1.29 is 18.3 Å². The average Bonchev–Trinajstić information content (AvgIpc) is 2.70. The van der Waals surface area contributed by atoms with Crippen LogP contribution in [0.25, 0.3) is 0 Å². The third-order valence-corrected chi connectivity index (χ3v) is 5.30. The molecular formula is C11H9BrN2O4S2. The summed E-state index contributed by atoms with van der Waals surface area (Å²) in [7, 11) is -3.84. The van der Waals surface area contributed by atoms with Gasteiger partial charge in [0.2, 0.25) is 0 Å². The molecular weight excluding hydrogens is 368 g/mol. The highest BCUT2D eigenvalue weighted by Gasteiger charge is 2.22. The molecule has 1 heterocycles. The zero-order valence-corrected chi connectivity index (χ0v) is 13.3. The first-order valence-electron chi connectivity index (χ1n) is 5.29. The zero-order valence-electron chi connectivity index (χ0n) is 10.1. The quantitative estimate of drug-likeness (QED) is 0.854. The van der Waals surface area contributed by atoms with Crippen LogP contribution in [0.1, 0.15) is 16.1 Å². The molecule has 0 spiro atoms. The number of rotatable bonds is 4. The van der Waals surface area contributed by atoms with E-state index in [1.807, 2.05) is 0 Å². The number of hydrogen-bond donors (Lipinski definition) is 2. The third kappa shape index (κ3) is 3.00. The van der Waals surface area contributed by atoms with Crippen LogP contribution in [0.5, 0.6) is 0 Å². The van der Waals surface area contributed by atoms with Crippen LogP contribution >= 0.6 is 27.5 Å². The Morgan fingerprint density at radius 3 is 2.50 bits per heavy atom. The number of halogens is 1. The summed E-state index contributed by atoms with van der Waals surface area (Å²) in [6, 6.07) is 6.01. The van der Waals surface area contributed by atoms with Gasteiger partial charge >= 0.3 is 5.97 Å². The Morgan fingerprint density at radius 1 is 1.35 bits per heavy atom. The Morgan fingerprint density at radius 2 is 1.95 bits per heavy atom. The van der Waals surface area contributed by atoms with Gasteiger partial charge in [0.1, 0.15) is 10.6 Å². The largest absolute Gasteiger partial charge is 0.478 e. The van der Waals surface area contributed by atoms with Crippen molar-refractivity contribution in [3.8, 4) is 0 Å². The van der Waals surface area contributed by atoms with Crippen LogP contribution in [0, 0.1) is 6.92 Å². The number of aromatic carboxylic acids is 1. The number of benzene rings is 1. The second kappa shape index (κ2) is 5.51. The fourth-order valence-corrected chi connectivity index (χ4v) is 3.83. The van der Waals surface area contributed by atoms with Gasteiger partial charge in [-0.25, -0.2) is 13.2 Å². The summed E-state index contributed by atoms with van der Waals surface area (Å²) in [5, 5.41) is 9.06. The number of nitrogens with zero attached hydrogens (tertiary/aromatic N) is 1. The lowest BCUT2D eigenvalue weighted by Gasteiger charge is -2.06. The number of anilines is 1. The van der Waals surface area contributed by atoms with Crippen molar-refractivity contribution in [2.75, 3.05) is 4.72 Å². The van der Waals surface area contributed by atoms with E-state index in [0.717, 1.165) is 16.0 Å². The number of aromatic nitrogens is 1. The summed E-state index contributed by atoms with van der Waals surface area (Å²) in [6.07, 6.45) is 0. The molecule has 6 nitrogen and oxygen atoms in total. The minimum atomic E-state index is -3.84. The Labute approximate surface area is 127 Å². The zero-order chi connectivity index (χ0) is 14.9. The number of carboxylic acid groups (broad SMARTS) is 1. The highest BCUT2D eigenvalue weighted by Crippen LogP contribution is 2.27. The normalized spacial score (nSPS) is 11.3. The van der Waals surface area contributed by atoms with Gasteiger partial charge in [0.05, 0.1) is 10.6 Å². The van der Waals surface area contributed by atoms with E-state index in [1.165, 1.54) is 19.1 Å². The molecule has 0 radical (unpaired) electrons. The van der Waals surface area contributed by atoms with Gasteiger partial charge in [-0.05, 0) is 42.7 Å². The number of hydrogen-bond acceptors (Lipinski definition) is 5. The molecule has 2 N–H and O–H groups in total. The van der Waals surface area contributed by atoms with Gasteiger partial charge in [-0.2, -0.15) is 4.37 Å². The molecule has 0 atom stereocenters. The van der Waals surface area contributed by atoms with E-state index in [1.54, 1.807) is 12.1 Å². The Kier molecular flexibility index (Phi) is 4.11. The molecule has 9 heteroatoms. The average molecular weight is 377 g/mol. The van der Waals surface area contributed by atoms with Crippen LogP contribution < -0.4 is 4.72 Å². The molecule has 0 bridgehead atoms. The summed E-state index contributed by atoms with van der Waals surface area (Å²) in [5.74, 6) is -1.22. The second-order valence-electron chi connectivity index (χ2n) is 3.84. The van der Waals surface area contributed by atoms with E-state index in [4.69, 9.17) is 5.11 Å².